The Labute approximate surface area is 162 Å². The Balaban J connectivity index is 1.73. The molecule has 0 radical (unpaired) electrons. The third-order valence-electron chi connectivity index (χ3n) is 4.30. The van der Waals surface area contributed by atoms with E-state index in [-0.39, 0.29) is 12.1 Å². The molecule has 1 aromatic heterocycles. The standard InChI is InChI=1S/C22H18FN3O2/c1-28-21(22(27)26-13-16-6-4-15(12-24)5-7-16)19-9-8-17(11-20(19)23)18-3-2-10-25-14-18/h2-11,14,21H,13H2,1H3,(H,26,27)/t21-/m0/s1. The molecule has 5 nitrogen and oxygen atoms in total. The van der Waals surface area contributed by atoms with Crippen LogP contribution in [0.25, 0.3) is 11.1 Å². The minimum Gasteiger partial charge on any atom is -0.367 e. The van der Waals surface area contributed by atoms with E-state index in [0.717, 1.165) is 11.1 Å². The van der Waals surface area contributed by atoms with Crippen LogP contribution < -0.4 is 5.32 Å². The third kappa shape index (κ3) is 4.40. The monoisotopic (exact) mass is 375 g/mol. The highest BCUT2D eigenvalue weighted by atomic mass is 19.1. The van der Waals surface area contributed by atoms with Crippen molar-refractivity contribution in [2.45, 2.75) is 12.6 Å². The molecule has 3 rings (SSSR count). The van der Waals surface area contributed by atoms with Crippen LogP contribution in [-0.4, -0.2) is 18.0 Å². The topological polar surface area (TPSA) is 75.0 Å². The number of pyridine rings is 1. The van der Waals surface area contributed by atoms with E-state index < -0.39 is 17.8 Å². The van der Waals surface area contributed by atoms with Crippen molar-refractivity contribution >= 4 is 5.91 Å². The number of carbonyl (C=O) groups excluding carboxylic acids is 1. The average Bonchev–Trinajstić information content (AvgIpc) is 2.74. The fourth-order valence-corrected chi connectivity index (χ4v) is 2.81. The molecule has 0 aliphatic rings. The van der Waals surface area contributed by atoms with Gasteiger partial charge in [-0.2, -0.15) is 5.26 Å². The molecule has 0 bridgehead atoms. The zero-order valence-corrected chi connectivity index (χ0v) is 15.2. The number of rotatable bonds is 6. The summed E-state index contributed by atoms with van der Waals surface area (Å²) in [7, 11) is 1.36. The summed E-state index contributed by atoms with van der Waals surface area (Å²) in [5.41, 5.74) is 2.98. The van der Waals surface area contributed by atoms with Gasteiger partial charge in [-0.1, -0.05) is 30.3 Å². The van der Waals surface area contributed by atoms with Crippen molar-refractivity contribution in [3.05, 3.63) is 89.5 Å². The molecule has 1 heterocycles. The van der Waals surface area contributed by atoms with Crippen molar-refractivity contribution < 1.29 is 13.9 Å². The van der Waals surface area contributed by atoms with Crippen LogP contribution in [0.1, 0.15) is 22.8 Å². The average molecular weight is 375 g/mol. The first-order valence-electron chi connectivity index (χ1n) is 8.61. The Morgan fingerprint density at radius 3 is 2.61 bits per heavy atom. The van der Waals surface area contributed by atoms with Gasteiger partial charge in [-0.05, 0) is 35.4 Å². The maximum absolute atomic E-state index is 14.7. The van der Waals surface area contributed by atoms with Gasteiger partial charge in [-0.15, -0.1) is 0 Å². The van der Waals surface area contributed by atoms with Crippen LogP contribution in [0.4, 0.5) is 4.39 Å². The maximum Gasteiger partial charge on any atom is 0.254 e. The van der Waals surface area contributed by atoms with Crippen molar-refractivity contribution in [1.29, 1.82) is 5.26 Å². The van der Waals surface area contributed by atoms with Gasteiger partial charge in [-0.25, -0.2) is 4.39 Å². The van der Waals surface area contributed by atoms with Gasteiger partial charge in [-0.3, -0.25) is 9.78 Å². The summed E-state index contributed by atoms with van der Waals surface area (Å²) in [6.07, 6.45) is 2.22. The number of carbonyl (C=O) groups is 1. The smallest absolute Gasteiger partial charge is 0.254 e. The first-order chi connectivity index (χ1) is 13.6. The lowest BCUT2D eigenvalue weighted by Crippen LogP contribution is -2.30. The first-order valence-corrected chi connectivity index (χ1v) is 8.61. The van der Waals surface area contributed by atoms with Crippen molar-refractivity contribution in [1.82, 2.24) is 10.3 Å². The van der Waals surface area contributed by atoms with E-state index in [9.17, 15) is 9.18 Å². The molecule has 0 fully saturated rings. The third-order valence-corrected chi connectivity index (χ3v) is 4.30. The predicted molar refractivity (Wildman–Crippen MR) is 102 cm³/mol. The number of nitriles is 1. The van der Waals surface area contributed by atoms with E-state index in [1.807, 2.05) is 12.1 Å². The molecule has 0 unspecified atom stereocenters. The highest BCUT2D eigenvalue weighted by Crippen LogP contribution is 2.26. The Hall–Kier alpha value is -3.56. The maximum atomic E-state index is 14.7. The quantitative estimate of drug-likeness (QED) is 0.712. The number of benzene rings is 2. The molecular formula is C22H18FN3O2. The number of ether oxygens (including phenoxy) is 1. The lowest BCUT2D eigenvalue weighted by Gasteiger charge is -2.17. The van der Waals surface area contributed by atoms with Gasteiger partial charge in [0.05, 0.1) is 11.6 Å². The lowest BCUT2D eigenvalue weighted by atomic mass is 10.0. The van der Waals surface area contributed by atoms with Gasteiger partial charge in [0, 0.05) is 37.2 Å². The Bertz CT molecular complexity index is 999. The second-order valence-corrected chi connectivity index (χ2v) is 6.12. The van der Waals surface area contributed by atoms with Gasteiger partial charge >= 0.3 is 0 Å². The first kappa shape index (κ1) is 19.2. The van der Waals surface area contributed by atoms with Crippen LogP contribution in [0.5, 0.6) is 0 Å². The molecule has 3 aromatic rings. The van der Waals surface area contributed by atoms with Crippen molar-refractivity contribution in [2.75, 3.05) is 7.11 Å². The molecule has 0 saturated heterocycles. The minimum atomic E-state index is -1.07. The lowest BCUT2D eigenvalue weighted by molar-refractivity contribution is -0.131. The van der Waals surface area contributed by atoms with Gasteiger partial charge < -0.3 is 10.1 Å². The molecule has 1 atom stereocenters. The van der Waals surface area contributed by atoms with Crippen LogP contribution in [0.2, 0.25) is 0 Å². The van der Waals surface area contributed by atoms with E-state index in [4.69, 9.17) is 10.00 Å². The molecule has 0 saturated carbocycles. The number of nitrogens with zero attached hydrogens (tertiary/aromatic N) is 2. The number of halogens is 1. The summed E-state index contributed by atoms with van der Waals surface area (Å²) >= 11 is 0. The SMILES string of the molecule is CO[C@H](C(=O)NCc1ccc(C#N)cc1)c1ccc(-c2cccnc2)cc1F. The summed E-state index contributed by atoms with van der Waals surface area (Å²) < 4.78 is 19.9. The fourth-order valence-electron chi connectivity index (χ4n) is 2.81. The number of amides is 1. The zero-order valence-electron chi connectivity index (χ0n) is 15.2. The van der Waals surface area contributed by atoms with E-state index in [1.54, 1.807) is 54.9 Å². The summed E-state index contributed by atoms with van der Waals surface area (Å²) in [4.78, 5) is 16.5. The molecule has 2 aromatic carbocycles. The number of nitrogens with one attached hydrogen (secondary N) is 1. The molecule has 0 aliphatic heterocycles. The van der Waals surface area contributed by atoms with E-state index in [2.05, 4.69) is 10.3 Å². The Kier molecular flexibility index (Phi) is 6.10. The normalized spacial score (nSPS) is 11.5. The number of hydrogen-bond acceptors (Lipinski definition) is 4. The summed E-state index contributed by atoms with van der Waals surface area (Å²) in [6, 6.07) is 17.1. The Morgan fingerprint density at radius 1 is 1.21 bits per heavy atom. The van der Waals surface area contributed by atoms with Gasteiger partial charge in [0.2, 0.25) is 0 Å². The molecule has 1 N–H and O–H groups in total. The van der Waals surface area contributed by atoms with Crippen LogP contribution in [-0.2, 0) is 16.1 Å². The van der Waals surface area contributed by atoms with Gasteiger partial charge in [0.15, 0.2) is 6.10 Å². The second kappa shape index (κ2) is 8.89. The molecule has 0 spiro atoms. The molecule has 1 amide bonds. The summed E-state index contributed by atoms with van der Waals surface area (Å²) in [5, 5.41) is 11.6. The van der Waals surface area contributed by atoms with Gasteiger partial charge in [0.25, 0.3) is 5.91 Å². The van der Waals surface area contributed by atoms with E-state index in [0.29, 0.717) is 11.1 Å². The number of hydrogen-bond donors (Lipinski definition) is 1. The minimum absolute atomic E-state index is 0.160. The van der Waals surface area contributed by atoms with Crippen LogP contribution in [0.15, 0.2) is 67.0 Å². The van der Waals surface area contributed by atoms with E-state index >= 15 is 0 Å². The highest BCUT2D eigenvalue weighted by Gasteiger charge is 2.23. The van der Waals surface area contributed by atoms with Crippen LogP contribution in [0, 0.1) is 17.1 Å². The number of methoxy groups -OCH3 is 1. The molecule has 140 valence electrons. The van der Waals surface area contributed by atoms with E-state index in [1.165, 1.54) is 13.2 Å². The van der Waals surface area contributed by atoms with Crippen LogP contribution in [0.3, 0.4) is 0 Å². The van der Waals surface area contributed by atoms with Crippen LogP contribution >= 0.6 is 0 Å². The summed E-state index contributed by atoms with van der Waals surface area (Å²) in [5.74, 6) is -0.971. The van der Waals surface area contributed by atoms with Crippen molar-refractivity contribution in [3.63, 3.8) is 0 Å². The Morgan fingerprint density at radius 2 is 2.00 bits per heavy atom. The molecular weight excluding hydrogens is 357 g/mol. The zero-order chi connectivity index (χ0) is 19.9. The number of aromatic nitrogens is 1. The fraction of sp³-hybridized carbons (Fsp3) is 0.136. The van der Waals surface area contributed by atoms with Crippen molar-refractivity contribution in [3.8, 4) is 17.2 Å². The molecule has 6 heteroatoms. The highest BCUT2D eigenvalue weighted by molar-refractivity contribution is 5.82. The molecule has 28 heavy (non-hydrogen) atoms. The molecule has 0 aliphatic carbocycles. The summed E-state index contributed by atoms with van der Waals surface area (Å²) in [6.45, 7) is 0.250. The van der Waals surface area contributed by atoms with Crippen molar-refractivity contribution in [2.24, 2.45) is 0 Å². The second-order valence-electron chi connectivity index (χ2n) is 6.12. The predicted octanol–water partition coefficient (Wildman–Crippen LogP) is 3.76. The largest absolute Gasteiger partial charge is 0.367 e. The van der Waals surface area contributed by atoms with Gasteiger partial charge in [0.1, 0.15) is 5.82 Å².